The van der Waals surface area contributed by atoms with Crippen molar-refractivity contribution in [2.45, 2.75) is 77.6 Å². The fourth-order valence-corrected chi connectivity index (χ4v) is 5.17. The van der Waals surface area contributed by atoms with Gasteiger partial charge in [0.25, 0.3) is 0 Å². The number of hydrogen-bond acceptors (Lipinski definition) is 0. The molecule has 1 heteroatoms. The first kappa shape index (κ1) is 17.0. The van der Waals surface area contributed by atoms with Crippen molar-refractivity contribution in [3.63, 3.8) is 0 Å². The summed E-state index contributed by atoms with van der Waals surface area (Å²) in [5, 5.41) is 0. The van der Waals surface area contributed by atoms with E-state index < -0.39 is 0 Å². The van der Waals surface area contributed by atoms with E-state index in [0.29, 0.717) is 0 Å². The van der Waals surface area contributed by atoms with E-state index in [1.54, 1.807) is 12.1 Å². The smallest absolute Gasteiger partial charge is 0.123 e. The van der Waals surface area contributed by atoms with Crippen LogP contribution in [-0.2, 0) is 6.42 Å². The summed E-state index contributed by atoms with van der Waals surface area (Å²) in [5.41, 5.74) is 1.31. The molecule has 0 heterocycles. The van der Waals surface area contributed by atoms with Gasteiger partial charge in [-0.15, -0.1) is 0 Å². The van der Waals surface area contributed by atoms with Crippen LogP contribution < -0.4 is 0 Å². The molecule has 0 spiro atoms. The van der Waals surface area contributed by atoms with Gasteiger partial charge in [-0.05, 0) is 86.3 Å². The van der Waals surface area contributed by atoms with E-state index in [1.807, 2.05) is 12.1 Å². The fraction of sp³-hybridized carbons (Fsp3) is 0.727. The Labute approximate surface area is 141 Å². The summed E-state index contributed by atoms with van der Waals surface area (Å²) < 4.78 is 13.0. The lowest BCUT2D eigenvalue weighted by atomic mass is 9.68. The van der Waals surface area contributed by atoms with Crippen LogP contribution in [0, 0.1) is 29.5 Å². The quantitative estimate of drug-likeness (QED) is 0.561. The molecule has 1 aromatic carbocycles. The van der Waals surface area contributed by atoms with Crippen LogP contribution in [0.3, 0.4) is 0 Å². The molecule has 23 heavy (non-hydrogen) atoms. The topological polar surface area (TPSA) is 0 Å². The van der Waals surface area contributed by atoms with Gasteiger partial charge < -0.3 is 0 Å². The highest BCUT2D eigenvalue weighted by Crippen LogP contribution is 2.42. The zero-order valence-corrected chi connectivity index (χ0v) is 14.8. The Morgan fingerprint density at radius 1 is 0.783 bits per heavy atom. The molecule has 2 aliphatic carbocycles. The fourth-order valence-electron chi connectivity index (χ4n) is 5.17. The standard InChI is InChI=1S/C22H33F/c1-2-3-17-4-10-20(11-5-17)21-12-6-18(7-13-21)16-19-8-14-22(23)15-9-19/h8-9,14-15,17-18,20-21H,2-7,10-13,16H2,1H3. The van der Waals surface area contributed by atoms with Gasteiger partial charge in [0.15, 0.2) is 0 Å². The molecule has 0 aromatic heterocycles. The molecule has 0 aliphatic heterocycles. The van der Waals surface area contributed by atoms with Crippen molar-refractivity contribution in [2.24, 2.45) is 23.7 Å². The van der Waals surface area contributed by atoms with Crippen LogP contribution in [0.4, 0.5) is 4.39 Å². The average molecular weight is 317 g/mol. The molecule has 2 fully saturated rings. The first-order chi connectivity index (χ1) is 11.2. The Balaban J connectivity index is 1.41. The summed E-state index contributed by atoms with van der Waals surface area (Å²) in [6, 6.07) is 7.15. The molecule has 0 radical (unpaired) electrons. The molecule has 0 N–H and O–H groups in total. The van der Waals surface area contributed by atoms with Gasteiger partial charge >= 0.3 is 0 Å². The molecular formula is C22H33F. The average Bonchev–Trinajstić information content (AvgIpc) is 2.59. The van der Waals surface area contributed by atoms with Crippen LogP contribution in [0.25, 0.3) is 0 Å². The third-order valence-corrected chi connectivity index (χ3v) is 6.58. The van der Waals surface area contributed by atoms with Crippen molar-refractivity contribution in [2.75, 3.05) is 0 Å². The maximum atomic E-state index is 13.0. The second kappa shape index (κ2) is 8.31. The van der Waals surface area contributed by atoms with Crippen LogP contribution in [-0.4, -0.2) is 0 Å². The summed E-state index contributed by atoms with van der Waals surface area (Å²) in [6.07, 6.45) is 15.6. The molecule has 0 unspecified atom stereocenters. The van der Waals surface area contributed by atoms with Crippen molar-refractivity contribution < 1.29 is 4.39 Å². The van der Waals surface area contributed by atoms with Crippen molar-refractivity contribution in [1.82, 2.24) is 0 Å². The number of hydrogen-bond donors (Lipinski definition) is 0. The van der Waals surface area contributed by atoms with Crippen molar-refractivity contribution in [3.05, 3.63) is 35.6 Å². The van der Waals surface area contributed by atoms with E-state index in [0.717, 1.165) is 30.1 Å². The van der Waals surface area contributed by atoms with E-state index in [9.17, 15) is 4.39 Å². The van der Waals surface area contributed by atoms with Gasteiger partial charge in [-0.3, -0.25) is 0 Å². The zero-order chi connectivity index (χ0) is 16.1. The second-order valence-electron chi connectivity index (χ2n) is 8.18. The van der Waals surface area contributed by atoms with Gasteiger partial charge in [-0.25, -0.2) is 4.39 Å². The summed E-state index contributed by atoms with van der Waals surface area (Å²) >= 11 is 0. The predicted molar refractivity (Wildman–Crippen MR) is 95.9 cm³/mol. The summed E-state index contributed by atoms with van der Waals surface area (Å²) in [4.78, 5) is 0. The minimum atomic E-state index is -0.115. The Kier molecular flexibility index (Phi) is 6.14. The minimum Gasteiger partial charge on any atom is -0.207 e. The molecule has 0 amide bonds. The van der Waals surface area contributed by atoms with Gasteiger partial charge in [0.05, 0.1) is 0 Å². The molecule has 0 saturated heterocycles. The lowest BCUT2D eigenvalue weighted by Gasteiger charge is -2.38. The first-order valence-electron chi connectivity index (χ1n) is 9.99. The van der Waals surface area contributed by atoms with Crippen LogP contribution in [0.15, 0.2) is 24.3 Å². The molecule has 2 aliphatic rings. The van der Waals surface area contributed by atoms with Gasteiger partial charge in [0.1, 0.15) is 5.82 Å². The van der Waals surface area contributed by atoms with E-state index >= 15 is 0 Å². The molecule has 0 nitrogen and oxygen atoms in total. The van der Waals surface area contributed by atoms with Crippen LogP contribution in [0.5, 0.6) is 0 Å². The molecule has 128 valence electrons. The van der Waals surface area contributed by atoms with Crippen LogP contribution >= 0.6 is 0 Å². The highest BCUT2D eigenvalue weighted by atomic mass is 19.1. The Hall–Kier alpha value is -0.850. The van der Waals surface area contributed by atoms with Crippen molar-refractivity contribution in [1.29, 1.82) is 0 Å². The highest BCUT2D eigenvalue weighted by molar-refractivity contribution is 5.16. The third kappa shape index (κ3) is 4.81. The number of benzene rings is 1. The van der Waals surface area contributed by atoms with Crippen LogP contribution in [0.2, 0.25) is 0 Å². The Bertz CT molecular complexity index is 447. The maximum Gasteiger partial charge on any atom is 0.123 e. The van der Waals surface area contributed by atoms with Gasteiger partial charge in [-0.1, -0.05) is 44.7 Å². The second-order valence-corrected chi connectivity index (χ2v) is 8.18. The molecule has 1 aromatic rings. The predicted octanol–water partition coefficient (Wildman–Crippen LogP) is 6.78. The highest BCUT2D eigenvalue weighted by Gasteiger charge is 2.30. The van der Waals surface area contributed by atoms with E-state index in [4.69, 9.17) is 0 Å². The lowest BCUT2D eigenvalue weighted by molar-refractivity contribution is 0.143. The monoisotopic (exact) mass is 316 g/mol. The van der Waals surface area contributed by atoms with E-state index in [-0.39, 0.29) is 5.82 Å². The molecule has 2 saturated carbocycles. The van der Waals surface area contributed by atoms with E-state index in [1.165, 1.54) is 69.8 Å². The van der Waals surface area contributed by atoms with Gasteiger partial charge in [-0.2, -0.15) is 0 Å². The molecule has 3 rings (SSSR count). The summed E-state index contributed by atoms with van der Waals surface area (Å²) in [6.45, 7) is 2.33. The maximum absolute atomic E-state index is 13.0. The largest absolute Gasteiger partial charge is 0.207 e. The Morgan fingerprint density at radius 2 is 1.30 bits per heavy atom. The summed E-state index contributed by atoms with van der Waals surface area (Å²) in [7, 11) is 0. The number of halogens is 1. The van der Waals surface area contributed by atoms with Crippen molar-refractivity contribution >= 4 is 0 Å². The zero-order valence-electron chi connectivity index (χ0n) is 14.8. The summed E-state index contributed by atoms with van der Waals surface area (Å²) in [5.74, 6) is 3.77. The van der Waals surface area contributed by atoms with E-state index in [2.05, 4.69) is 6.92 Å². The Morgan fingerprint density at radius 3 is 1.83 bits per heavy atom. The molecule has 0 bridgehead atoms. The molecule has 0 atom stereocenters. The van der Waals surface area contributed by atoms with Crippen molar-refractivity contribution in [3.8, 4) is 0 Å². The van der Waals surface area contributed by atoms with Gasteiger partial charge in [0.2, 0.25) is 0 Å². The van der Waals surface area contributed by atoms with Gasteiger partial charge in [0, 0.05) is 0 Å². The number of rotatable bonds is 5. The SMILES string of the molecule is CCCC1CCC(C2CCC(Cc3ccc(F)cc3)CC2)CC1. The lowest BCUT2D eigenvalue weighted by Crippen LogP contribution is -2.26. The molecular weight excluding hydrogens is 283 g/mol. The first-order valence-corrected chi connectivity index (χ1v) is 9.99. The normalized spacial score (nSPS) is 31.9. The van der Waals surface area contributed by atoms with Crippen LogP contribution in [0.1, 0.15) is 76.7 Å². The third-order valence-electron chi connectivity index (χ3n) is 6.58. The minimum absolute atomic E-state index is 0.115.